The molecule has 1 spiro atoms. The van der Waals surface area contributed by atoms with E-state index in [0.717, 1.165) is 26.2 Å². The summed E-state index contributed by atoms with van der Waals surface area (Å²) in [6, 6.07) is 0. The van der Waals surface area contributed by atoms with Gasteiger partial charge in [-0.2, -0.15) is 0 Å². The van der Waals surface area contributed by atoms with Crippen molar-refractivity contribution < 1.29 is 9.47 Å². The van der Waals surface area contributed by atoms with E-state index in [1.165, 1.54) is 45.2 Å². The summed E-state index contributed by atoms with van der Waals surface area (Å²) in [4.78, 5) is 2.59. The minimum atomic E-state index is -0.239. The van der Waals surface area contributed by atoms with Gasteiger partial charge in [0, 0.05) is 13.0 Å². The molecule has 0 atom stereocenters. The van der Waals surface area contributed by atoms with Gasteiger partial charge in [0.1, 0.15) is 0 Å². The third-order valence-electron chi connectivity index (χ3n) is 5.03. The number of nitrogens with zero attached hydrogens (tertiary/aromatic N) is 1. The van der Waals surface area contributed by atoms with Gasteiger partial charge in [-0.15, -0.1) is 0 Å². The van der Waals surface area contributed by atoms with Crippen molar-refractivity contribution in [2.24, 2.45) is 5.41 Å². The van der Waals surface area contributed by atoms with Crippen LogP contribution in [-0.2, 0) is 9.47 Å². The summed E-state index contributed by atoms with van der Waals surface area (Å²) in [5.74, 6) is -0.239. The predicted molar refractivity (Wildman–Crippen MR) is 66.9 cm³/mol. The van der Waals surface area contributed by atoms with Crippen molar-refractivity contribution in [3.05, 3.63) is 0 Å². The molecule has 98 valence electrons. The summed E-state index contributed by atoms with van der Waals surface area (Å²) in [5.41, 5.74) is 0.622. The molecule has 1 aliphatic carbocycles. The highest BCUT2D eigenvalue weighted by molar-refractivity contribution is 4.92. The second-order valence-corrected chi connectivity index (χ2v) is 6.13. The minimum absolute atomic E-state index is 0.239. The smallest absolute Gasteiger partial charge is 0.181 e. The molecule has 17 heavy (non-hydrogen) atoms. The molecular formula is C14H25NO2. The lowest BCUT2D eigenvalue weighted by Gasteiger charge is -2.48. The van der Waals surface area contributed by atoms with Crippen LogP contribution in [0.5, 0.6) is 0 Å². The molecule has 0 aromatic carbocycles. The Kier molecular flexibility index (Phi) is 3.18. The quantitative estimate of drug-likeness (QED) is 0.755. The maximum absolute atomic E-state index is 5.85. The van der Waals surface area contributed by atoms with Crippen LogP contribution in [0.15, 0.2) is 0 Å². The lowest BCUT2D eigenvalue weighted by Crippen LogP contribution is -2.53. The molecule has 3 nitrogen and oxygen atoms in total. The molecular weight excluding hydrogens is 214 g/mol. The lowest BCUT2D eigenvalue weighted by molar-refractivity contribution is -0.193. The van der Waals surface area contributed by atoms with Crippen LogP contribution in [0.1, 0.15) is 45.4 Å². The molecule has 0 radical (unpaired) electrons. The Morgan fingerprint density at radius 1 is 1.06 bits per heavy atom. The van der Waals surface area contributed by atoms with Crippen molar-refractivity contribution in [2.45, 2.75) is 51.2 Å². The Morgan fingerprint density at radius 2 is 1.82 bits per heavy atom. The van der Waals surface area contributed by atoms with E-state index >= 15 is 0 Å². The number of hydrogen-bond acceptors (Lipinski definition) is 3. The van der Waals surface area contributed by atoms with Crippen LogP contribution in [0.2, 0.25) is 0 Å². The Morgan fingerprint density at radius 3 is 2.41 bits per heavy atom. The number of ether oxygens (including phenoxy) is 2. The third kappa shape index (κ3) is 2.25. The predicted octanol–water partition coefficient (Wildman–Crippen LogP) is 2.41. The number of rotatable bonds is 3. The van der Waals surface area contributed by atoms with Gasteiger partial charge in [-0.25, -0.2) is 0 Å². The molecule has 0 bridgehead atoms. The molecule has 3 heteroatoms. The van der Waals surface area contributed by atoms with Gasteiger partial charge in [-0.05, 0) is 37.6 Å². The normalized spacial score (nSPS) is 31.6. The van der Waals surface area contributed by atoms with Crippen molar-refractivity contribution in [2.75, 3.05) is 32.8 Å². The SMILES string of the molecule is CCC1(CN2CCCC3(C2)OCCO3)CCC1. The van der Waals surface area contributed by atoms with Crippen LogP contribution in [0.4, 0.5) is 0 Å². The highest BCUT2D eigenvalue weighted by Gasteiger charge is 2.44. The van der Waals surface area contributed by atoms with Crippen molar-refractivity contribution in [3.8, 4) is 0 Å². The maximum atomic E-state index is 5.85. The van der Waals surface area contributed by atoms with Gasteiger partial charge in [-0.1, -0.05) is 13.3 Å². The molecule has 3 aliphatic rings. The lowest BCUT2D eigenvalue weighted by atomic mass is 9.66. The van der Waals surface area contributed by atoms with Gasteiger partial charge in [0.05, 0.1) is 19.8 Å². The summed E-state index contributed by atoms with van der Waals surface area (Å²) in [6.45, 7) is 7.41. The standard InChI is InChI=1S/C14H25NO2/c1-2-13(5-3-6-13)11-15-8-4-7-14(12-15)16-9-10-17-14/h2-12H2,1H3. The summed E-state index contributed by atoms with van der Waals surface area (Å²) in [6.07, 6.45) is 7.92. The van der Waals surface area contributed by atoms with Crippen LogP contribution in [0.3, 0.4) is 0 Å². The van der Waals surface area contributed by atoms with Crippen LogP contribution in [0, 0.1) is 5.41 Å². The van der Waals surface area contributed by atoms with E-state index in [0.29, 0.717) is 5.41 Å². The topological polar surface area (TPSA) is 21.7 Å². The van der Waals surface area contributed by atoms with Gasteiger partial charge >= 0.3 is 0 Å². The van der Waals surface area contributed by atoms with E-state index < -0.39 is 0 Å². The molecule has 0 unspecified atom stereocenters. The average molecular weight is 239 g/mol. The van der Waals surface area contributed by atoms with Crippen molar-refractivity contribution >= 4 is 0 Å². The molecule has 2 heterocycles. The summed E-state index contributed by atoms with van der Waals surface area (Å²) in [5, 5.41) is 0. The number of piperidine rings is 1. The van der Waals surface area contributed by atoms with Gasteiger partial charge < -0.3 is 9.47 Å². The van der Waals surface area contributed by atoms with Crippen LogP contribution < -0.4 is 0 Å². The zero-order chi connectivity index (χ0) is 11.8. The Balaban J connectivity index is 1.60. The van der Waals surface area contributed by atoms with Gasteiger partial charge in [0.2, 0.25) is 0 Å². The monoisotopic (exact) mass is 239 g/mol. The Bertz CT molecular complexity index is 262. The first-order valence-corrected chi connectivity index (χ1v) is 7.26. The molecule has 2 aliphatic heterocycles. The van der Waals surface area contributed by atoms with Crippen molar-refractivity contribution in [3.63, 3.8) is 0 Å². The summed E-state index contributed by atoms with van der Waals surface area (Å²) >= 11 is 0. The van der Waals surface area contributed by atoms with E-state index in [2.05, 4.69) is 11.8 Å². The highest BCUT2D eigenvalue weighted by atomic mass is 16.7. The molecule has 0 aromatic heterocycles. The molecule has 2 saturated heterocycles. The first kappa shape index (κ1) is 11.9. The zero-order valence-corrected chi connectivity index (χ0v) is 11.0. The minimum Gasteiger partial charge on any atom is -0.346 e. The van der Waals surface area contributed by atoms with Crippen LogP contribution >= 0.6 is 0 Å². The largest absolute Gasteiger partial charge is 0.346 e. The van der Waals surface area contributed by atoms with Gasteiger partial charge in [0.15, 0.2) is 5.79 Å². The first-order chi connectivity index (χ1) is 8.26. The summed E-state index contributed by atoms with van der Waals surface area (Å²) in [7, 11) is 0. The second kappa shape index (κ2) is 4.52. The second-order valence-electron chi connectivity index (χ2n) is 6.13. The van der Waals surface area contributed by atoms with E-state index in [4.69, 9.17) is 9.47 Å². The molecule has 1 saturated carbocycles. The number of likely N-dealkylation sites (tertiary alicyclic amines) is 1. The van der Waals surface area contributed by atoms with E-state index in [1.54, 1.807) is 0 Å². The van der Waals surface area contributed by atoms with Crippen molar-refractivity contribution in [1.29, 1.82) is 0 Å². The van der Waals surface area contributed by atoms with Crippen molar-refractivity contribution in [1.82, 2.24) is 4.90 Å². The fraction of sp³-hybridized carbons (Fsp3) is 1.00. The molecule has 3 rings (SSSR count). The fourth-order valence-electron chi connectivity index (χ4n) is 3.71. The molecule has 0 N–H and O–H groups in total. The third-order valence-corrected chi connectivity index (χ3v) is 5.03. The van der Waals surface area contributed by atoms with Gasteiger partial charge in [0.25, 0.3) is 0 Å². The zero-order valence-electron chi connectivity index (χ0n) is 11.0. The molecule has 3 fully saturated rings. The van der Waals surface area contributed by atoms with E-state index in [9.17, 15) is 0 Å². The Labute approximate surface area is 104 Å². The van der Waals surface area contributed by atoms with E-state index in [-0.39, 0.29) is 5.79 Å². The first-order valence-electron chi connectivity index (χ1n) is 7.26. The maximum Gasteiger partial charge on any atom is 0.181 e. The molecule has 0 amide bonds. The fourth-order valence-corrected chi connectivity index (χ4v) is 3.71. The molecule has 0 aromatic rings. The van der Waals surface area contributed by atoms with Gasteiger partial charge in [-0.3, -0.25) is 4.90 Å². The number of hydrogen-bond donors (Lipinski definition) is 0. The summed E-state index contributed by atoms with van der Waals surface area (Å²) < 4.78 is 11.7. The highest BCUT2D eigenvalue weighted by Crippen LogP contribution is 2.45. The Hall–Kier alpha value is -0.120. The average Bonchev–Trinajstić information content (AvgIpc) is 2.72. The van der Waals surface area contributed by atoms with E-state index in [1.807, 2.05) is 0 Å². The van der Waals surface area contributed by atoms with Crippen LogP contribution in [0.25, 0.3) is 0 Å². The van der Waals surface area contributed by atoms with Crippen LogP contribution in [-0.4, -0.2) is 43.5 Å².